The lowest BCUT2D eigenvalue weighted by Crippen LogP contribution is -2.61. The molecule has 0 unspecified atom stereocenters. The molecule has 6 aromatic carbocycles. The number of hydrogen-bond donors (Lipinski definition) is 0. The zero-order valence-corrected chi connectivity index (χ0v) is 43.0. The van der Waals surface area contributed by atoms with Crippen molar-refractivity contribution in [2.45, 2.75) is 124 Å². The topological polar surface area (TPSA) is 24.3 Å². The zero-order valence-electron chi connectivity index (χ0n) is 42.2. The summed E-state index contributed by atoms with van der Waals surface area (Å²) in [5.74, 6) is 0.989. The summed E-state index contributed by atoms with van der Waals surface area (Å²) in [5, 5.41) is 3.70. The number of aromatic nitrogens is 2. The summed E-state index contributed by atoms with van der Waals surface area (Å²) < 4.78 is 5.11. The minimum absolute atomic E-state index is 0.0146. The summed E-state index contributed by atoms with van der Waals surface area (Å²) in [6.07, 6.45) is 1.11. The van der Waals surface area contributed by atoms with Gasteiger partial charge in [-0.05, 0) is 133 Å². The number of benzene rings is 6. The normalized spacial score (nSPS) is 16.1. The Labute approximate surface area is 407 Å². The largest absolute Gasteiger partial charge is 0.309 e. The molecule has 3 aliphatic rings. The van der Waals surface area contributed by atoms with E-state index in [-0.39, 0.29) is 33.8 Å². The van der Waals surface area contributed by atoms with Gasteiger partial charge in [0.15, 0.2) is 0 Å². The van der Waals surface area contributed by atoms with Crippen molar-refractivity contribution in [3.05, 3.63) is 161 Å². The Morgan fingerprint density at radius 3 is 1.87 bits per heavy atom. The maximum absolute atomic E-state index is 6.09. The second-order valence-corrected chi connectivity index (χ2v) is 25.5. The Hall–Kier alpha value is -6.11. The molecule has 5 heterocycles. The molecular formula is C62H63BN4S. The van der Waals surface area contributed by atoms with Crippen molar-refractivity contribution in [1.82, 2.24) is 9.55 Å². The predicted molar refractivity (Wildman–Crippen MR) is 295 cm³/mol. The average Bonchev–Trinajstić information content (AvgIpc) is 3.89. The van der Waals surface area contributed by atoms with E-state index >= 15 is 0 Å². The van der Waals surface area contributed by atoms with Crippen molar-refractivity contribution in [2.75, 3.05) is 9.80 Å². The first kappa shape index (κ1) is 43.2. The summed E-state index contributed by atoms with van der Waals surface area (Å²) in [6.45, 7) is 30.7. The van der Waals surface area contributed by atoms with Crippen LogP contribution in [0.5, 0.6) is 0 Å². The van der Waals surface area contributed by atoms with Gasteiger partial charge in [-0.15, -0.1) is 11.3 Å². The molecule has 68 heavy (non-hydrogen) atoms. The van der Waals surface area contributed by atoms with E-state index in [1.165, 1.54) is 87.1 Å². The number of thiophene rings is 1. The van der Waals surface area contributed by atoms with Gasteiger partial charge in [-0.3, -0.25) is 9.47 Å². The van der Waals surface area contributed by atoms with Crippen molar-refractivity contribution < 1.29 is 0 Å². The molecule has 0 amide bonds. The van der Waals surface area contributed by atoms with E-state index < -0.39 is 0 Å². The van der Waals surface area contributed by atoms with E-state index in [0.717, 1.165) is 34.8 Å². The van der Waals surface area contributed by atoms with Crippen molar-refractivity contribution in [3.8, 4) is 5.69 Å². The Kier molecular flexibility index (Phi) is 9.04. The van der Waals surface area contributed by atoms with Crippen molar-refractivity contribution in [1.29, 1.82) is 0 Å². The standard InChI is InChI=1S/C62H63BN4S/c1-58(2,3)37-23-27-41(28-24-37)66-49-31-25-39(60(7,8)9)34-47(49)63-52-54(51-43-21-17-18-22-48(43)65(56(51)64-57(52)66)40-19-15-14-16-20-40)67(42-29-30-45-46(35-42)62(12,13)36-61(45,10)11)53-44-33-38(59(4,5)6)26-32-50(44)68-55(53)63/h14-35H,36H2,1-13H3. The average molecular weight is 907 g/mol. The third-order valence-corrected chi connectivity index (χ3v) is 16.8. The summed E-state index contributed by atoms with van der Waals surface area (Å²) in [7, 11) is 0. The highest BCUT2D eigenvalue weighted by Gasteiger charge is 2.49. The van der Waals surface area contributed by atoms with E-state index in [1.54, 1.807) is 0 Å². The lowest BCUT2D eigenvalue weighted by Gasteiger charge is -2.43. The van der Waals surface area contributed by atoms with Crippen LogP contribution >= 0.6 is 11.3 Å². The van der Waals surface area contributed by atoms with E-state index in [1.807, 2.05) is 11.3 Å². The molecule has 4 nitrogen and oxygen atoms in total. The van der Waals surface area contributed by atoms with Gasteiger partial charge in [-0.2, -0.15) is 0 Å². The minimum atomic E-state index is -0.0651. The SMILES string of the molecule is CC(C)(C)c1ccc(N2c3ccc(C(C)(C)C)cc3B3c4sc5ccc(C(C)(C)C)cc5c4N(c4ccc5c(c4)C(C)(C)CC5(C)C)c4c3c2nc2c4c3ccccc3n2-c2ccccc2)cc1. The number of rotatable bonds is 3. The van der Waals surface area contributed by atoms with Crippen LogP contribution in [0.2, 0.25) is 0 Å². The highest BCUT2D eigenvalue weighted by atomic mass is 32.1. The maximum atomic E-state index is 6.09. The number of fused-ring (bicyclic) bond motifs is 11. The Balaban J connectivity index is 1.30. The van der Waals surface area contributed by atoms with Crippen molar-refractivity contribution >= 4 is 100 Å². The molecule has 0 fully saturated rings. The molecule has 0 bridgehead atoms. The molecule has 3 aromatic heterocycles. The van der Waals surface area contributed by atoms with Crippen LogP contribution in [-0.2, 0) is 27.1 Å². The minimum Gasteiger partial charge on any atom is -0.309 e. The molecule has 0 N–H and O–H groups in total. The van der Waals surface area contributed by atoms with Crippen LogP contribution in [0.4, 0.5) is 34.3 Å². The monoisotopic (exact) mass is 906 g/mol. The molecule has 0 spiro atoms. The van der Waals surface area contributed by atoms with Crippen molar-refractivity contribution in [2.24, 2.45) is 0 Å². The van der Waals surface area contributed by atoms with E-state index in [2.05, 4.69) is 238 Å². The zero-order chi connectivity index (χ0) is 47.6. The predicted octanol–water partition coefficient (Wildman–Crippen LogP) is 15.3. The molecule has 0 radical (unpaired) electrons. The van der Waals surface area contributed by atoms with Gasteiger partial charge in [0.25, 0.3) is 6.71 Å². The quantitative estimate of drug-likeness (QED) is 0.165. The Morgan fingerprint density at radius 2 is 1.16 bits per heavy atom. The molecule has 340 valence electrons. The van der Waals surface area contributed by atoms with E-state index in [0.29, 0.717) is 0 Å². The van der Waals surface area contributed by atoms with Gasteiger partial charge >= 0.3 is 0 Å². The van der Waals surface area contributed by atoms with Gasteiger partial charge in [0.2, 0.25) is 0 Å². The fraction of sp³-hybridized carbons (Fsp3) is 0.306. The molecule has 0 atom stereocenters. The smallest absolute Gasteiger partial charge is 0.266 e. The first-order valence-corrected chi connectivity index (χ1v) is 25.5. The third-order valence-electron chi connectivity index (χ3n) is 15.6. The molecule has 0 saturated carbocycles. The van der Waals surface area contributed by atoms with Crippen LogP contribution in [-0.4, -0.2) is 16.3 Å². The number of pyridine rings is 1. The van der Waals surface area contributed by atoms with Gasteiger partial charge in [0.1, 0.15) is 11.5 Å². The van der Waals surface area contributed by atoms with Gasteiger partial charge in [0.05, 0.1) is 22.3 Å². The maximum Gasteiger partial charge on any atom is 0.266 e. The molecule has 12 rings (SSSR count). The number of hydrogen-bond acceptors (Lipinski definition) is 4. The molecule has 1 aliphatic carbocycles. The summed E-state index contributed by atoms with van der Waals surface area (Å²) in [4.78, 5) is 11.3. The number of nitrogens with zero attached hydrogens (tertiary/aromatic N) is 4. The van der Waals surface area contributed by atoms with Crippen LogP contribution in [0, 0.1) is 0 Å². The second kappa shape index (κ2) is 14.2. The summed E-state index contributed by atoms with van der Waals surface area (Å²) in [6, 6.07) is 51.3. The van der Waals surface area contributed by atoms with Crippen LogP contribution in [0.1, 0.15) is 124 Å². The fourth-order valence-electron chi connectivity index (χ4n) is 12.3. The van der Waals surface area contributed by atoms with Crippen LogP contribution in [0.3, 0.4) is 0 Å². The van der Waals surface area contributed by atoms with Gasteiger partial charge in [0, 0.05) is 43.0 Å². The van der Waals surface area contributed by atoms with Crippen molar-refractivity contribution in [3.63, 3.8) is 0 Å². The Morgan fingerprint density at radius 1 is 0.544 bits per heavy atom. The first-order chi connectivity index (χ1) is 32.1. The highest BCUT2D eigenvalue weighted by molar-refractivity contribution is 7.33. The van der Waals surface area contributed by atoms with Gasteiger partial charge in [-0.25, -0.2) is 4.98 Å². The third kappa shape index (κ3) is 6.28. The van der Waals surface area contributed by atoms with Crippen LogP contribution < -0.4 is 25.5 Å². The highest BCUT2D eigenvalue weighted by Crippen LogP contribution is 2.55. The molecule has 2 aliphatic heterocycles. The number of para-hydroxylation sites is 2. The van der Waals surface area contributed by atoms with Gasteiger partial charge in [-0.1, -0.05) is 163 Å². The second-order valence-electron chi connectivity index (χ2n) is 24.5. The lowest BCUT2D eigenvalue weighted by molar-refractivity contribution is 0.403. The lowest BCUT2D eigenvalue weighted by atomic mass is 9.36. The fourth-order valence-corrected chi connectivity index (χ4v) is 13.6. The van der Waals surface area contributed by atoms with Gasteiger partial charge < -0.3 is 4.90 Å². The van der Waals surface area contributed by atoms with Crippen LogP contribution in [0.15, 0.2) is 133 Å². The first-order valence-electron chi connectivity index (χ1n) is 24.7. The molecular weight excluding hydrogens is 844 g/mol. The molecule has 0 saturated heterocycles. The van der Waals surface area contributed by atoms with E-state index in [4.69, 9.17) is 4.98 Å². The Bertz CT molecular complexity index is 3550. The number of anilines is 6. The molecule has 9 aromatic rings. The summed E-state index contributed by atoms with van der Waals surface area (Å²) >= 11 is 1.98. The molecule has 6 heteroatoms. The van der Waals surface area contributed by atoms with Crippen LogP contribution in [0.25, 0.3) is 37.7 Å². The summed E-state index contributed by atoms with van der Waals surface area (Å²) in [5.41, 5.74) is 18.8. The van der Waals surface area contributed by atoms with E-state index in [9.17, 15) is 0 Å².